The molecule has 0 heterocycles. The molecule has 0 aliphatic heterocycles. The summed E-state index contributed by atoms with van der Waals surface area (Å²) in [6, 6.07) is 4.74. The predicted molar refractivity (Wildman–Crippen MR) is 56.1 cm³/mol. The van der Waals surface area contributed by atoms with Gasteiger partial charge < -0.3 is 5.11 Å². The van der Waals surface area contributed by atoms with Crippen molar-refractivity contribution in [2.75, 3.05) is 6.61 Å². The Morgan fingerprint density at radius 3 is 1.94 bits per heavy atom. The van der Waals surface area contributed by atoms with Crippen LogP contribution in [-0.2, 0) is 11.6 Å². The molecule has 0 bridgehead atoms. The number of aliphatic hydroxyl groups excluding tert-OH is 1. The fourth-order valence-corrected chi connectivity index (χ4v) is 1.31. The molecule has 0 saturated heterocycles. The lowest BCUT2D eigenvalue weighted by atomic mass is 9.83. The minimum Gasteiger partial charge on any atom is -0.395 e. The van der Waals surface area contributed by atoms with Crippen LogP contribution < -0.4 is 0 Å². The van der Waals surface area contributed by atoms with E-state index in [1.165, 1.54) is 18.2 Å². The summed E-state index contributed by atoms with van der Waals surface area (Å²) in [6.07, 6.45) is -2.81. The molecule has 1 atom stereocenters. The molecule has 1 aromatic rings. The highest BCUT2D eigenvalue weighted by Gasteiger charge is 2.31. The average Bonchev–Trinajstić information content (AvgIpc) is 2.27. The van der Waals surface area contributed by atoms with Crippen LogP contribution in [0.1, 0.15) is 18.1 Å². The van der Waals surface area contributed by atoms with Crippen LogP contribution in [0.3, 0.4) is 0 Å². The van der Waals surface area contributed by atoms with Crippen molar-refractivity contribution in [2.24, 2.45) is 0 Å². The van der Waals surface area contributed by atoms with Gasteiger partial charge in [-0.15, -0.1) is 6.58 Å². The molecule has 88 valence electrons. The quantitative estimate of drug-likeness (QED) is 0.791. The maximum atomic E-state index is 12.3. The Bertz CT molecular complexity index is 367. The van der Waals surface area contributed by atoms with E-state index in [1.54, 1.807) is 6.92 Å². The first kappa shape index (κ1) is 12.8. The van der Waals surface area contributed by atoms with E-state index in [0.717, 1.165) is 12.1 Å². The zero-order valence-corrected chi connectivity index (χ0v) is 8.88. The van der Waals surface area contributed by atoms with Gasteiger partial charge in [0, 0.05) is 5.41 Å². The minimum absolute atomic E-state index is 0.193. The number of hydrogen-bond donors (Lipinski definition) is 1. The van der Waals surface area contributed by atoms with Crippen molar-refractivity contribution in [2.45, 2.75) is 18.5 Å². The third-order valence-corrected chi connectivity index (χ3v) is 2.65. The van der Waals surface area contributed by atoms with Crippen LogP contribution >= 0.6 is 0 Å². The second kappa shape index (κ2) is 4.29. The van der Waals surface area contributed by atoms with Gasteiger partial charge >= 0.3 is 6.18 Å². The molecule has 1 nitrogen and oxygen atoms in total. The third kappa shape index (κ3) is 2.44. The molecule has 0 unspecified atom stereocenters. The first-order chi connectivity index (χ1) is 7.33. The van der Waals surface area contributed by atoms with Crippen molar-refractivity contribution in [3.63, 3.8) is 0 Å². The van der Waals surface area contributed by atoms with E-state index in [-0.39, 0.29) is 6.61 Å². The van der Waals surface area contributed by atoms with Crippen molar-refractivity contribution < 1.29 is 18.3 Å². The van der Waals surface area contributed by atoms with Gasteiger partial charge in [-0.05, 0) is 24.6 Å². The smallest absolute Gasteiger partial charge is 0.395 e. The van der Waals surface area contributed by atoms with E-state index in [2.05, 4.69) is 6.58 Å². The van der Waals surface area contributed by atoms with Gasteiger partial charge in [-0.3, -0.25) is 0 Å². The molecule has 0 aliphatic rings. The van der Waals surface area contributed by atoms with Gasteiger partial charge in [-0.1, -0.05) is 18.2 Å². The van der Waals surface area contributed by atoms with Crippen molar-refractivity contribution in [1.29, 1.82) is 0 Å². The molecular weight excluding hydrogens is 217 g/mol. The number of alkyl halides is 3. The first-order valence-electron chi connectivity index (χ1n) is 4.76. The molecule has 1 N–H and O–H groups in total. The summed E-state index contributed by atoms with van der Waals surface area (Å²) in [4.78, 5) is 0. The van der Waals surface area contributed by atoms with E-state index in [1.807, 2.05) is 0 Å². The highest BCUT2D eigenvalue weighted by molar-refractivity contribution is 5.33. The summed E-state index contributed by atoms with van der Waals surface area (Å²) in [7, 11) is 0. The molecule has 0 amide bonds. The summed E-state index contributed by atoms with van der Waals surface area (Å²) in [6.45, 7) is 5.09. The normalized spacial score (nSPS) is 15.6. The van der Waals surface area contributed by atoms with Crippen LogP contribution in [0.15, 0.2) is 36.9 Å². The standard InChI is InChI=1S/C12H13F3O/c1-3-11(2,8-16)9-4-6-10(7-5-9)12(13,14)15/h3-7,16H,1,8H2,2H3/t11-/m1/s1. The van der Waals surface area contributed by atoms with E-state index in [4.69, 9.17) is 0 Å². The van der Waals surface area contributed by atoms with Crippen LogP contribution in [-0.4, -0.2) is 11.7 Å². The summed E-state index contributed by atoms with van der Waals surface area (Å²) in [5, 5.41) is 9.17. The summed E-state index contributed by atoms with van der Waals surface area (Å²) in [5.41, 5.74) is -0.789. The minimum atomic E-state index is -4.33. The predicted octanol–water partition coefficient (Wildman–Crippen LogP) is 3.14. The Hall–Kier alpha value is -1.29. The SMILES string of the molecule is C=C[C@](C)(CO)c1ccc(C(F)(F)F)cc1. The second-order valence-electron chi connectivity index (χ2n) is 3.85. The molecule has 16 heavy (non-hydrogen) atoms. The zero-order chi connectivity index (χ0) is 12.4. The summed E-state index contributed by atoms with van der Waals surface area (Å²) in [5.74, 6) is 0. The van der Waals surface area contributed by atoms with Gasteiger partial charge in [0.05, 0.1) is 12.2 Å². The van der Waals surface area contributed by atoms with Crippen LogP contribution in [0.25, 0.3) is 0 Å². The van der Waals surface area contributed by atoms with Gasteiger partial charge in [0.1, 0.15) is 0 Å². The maximum absolute atomic E-state index is 12.3. The largest absolute Gasteiger partial charge is 0.416 e. The van der Waals surface area contributed by atoms with Gasteiger partial charge in [0.25, 0.3) is 0 Å². The Kier molecular flexibility index (Phi) is 3.43. The lowest BCUT2D eigenvalue weighted by Crippen LogP contribution is -2.23. The van der Waals surface area contributed by atoms with Crippen molar-refractivity contribution >= 4 is 0 Å². The topological polar surface area (TPSA) is 20.2 Å². The first-order valence-corrected chi connectivity index (χ1v) is 4.76. The van der Waals surface area contributed by atoms with E-state index >= 15 is 0 Å². The highest BCUT2D eigenvalue weighted by atomic mass is 19.4. The van der Waals surface area contributed by atoms with Gasteiger partial charge in [0.15, 0.2) is 0 Å². The number of rotatable bonds is 3. The average molecular weight is 230 g/mol. The number of hydrogen-bond acceptors (Lipinski definition) is 1. The van der Waals surface area contributed by atoms with Crippen LogP contribution in [0.2, 0.25) is 0 Å². The van der Waals surface area contributed by atoms with E-state index < -0.39 is 17.2 Å². The van der Waals surface area contributed by atoms with Crippen LogP contribution in [0, 0.1) is 0 Å². The van der Waals surface area contributed by atoms with Crippen molar-refractivity contribution in [3.05, 3.63) is 48.0 Å². The fourth-order valence-electron chi connectivity index (χ4n) is 1.31. The summed E-state index contributed by atoms with van der Waals surface area (Å²) >= 11 is 0. The maximum Gasteiger partial charge on any atom is 0.416 e. The molecule has 1 rings (SSSR count). The molecule has 4 heteroatoms. The second-order valence-corrected chi connectivity index (χ2v) is 3.85. The summed E-state index contributed by atoms with van der Waals surface area (Å²) < 4.78 is 36.9. The number of benzene rings is 1. The molecule has 0 aromatic heterocycles. The molecule has 0 radical (unpaired) electrons. The lowest BCUT2D eigenvalue weighted by Gasteiger charge is -2.23. The van der Waals surface area contributed by atoms with Crippen LogP contribution in [0.4, 0.5) is 13.2 Å². The molecule has 0 saturated carbocycles. The Morgan fingerprint density at radius 2 is 1.62 bits per heavy atom. The Morgan fingerprint density at radius 1 is 1.19 bits per heavy atom. The molecule has 0 spiro atoms. The third-order valence-electron chi connectivity index (χ3n) is 2.65. The zero-order valence-electron chi connectivity index (χ0n) is 8.88. The van der Waals surface area contributed by atoms with Crippen molar-refractivity contribution in [1.82, 2.24) is 0 Å². The van der Waals surface area contributed by atoms with Gasteiger partial charge in [0.2, 0.25) is 0 Å². The van der Waals surface area contributed by atoms with Gasteiger partial charge in [-0.25, -0.2) is 0 Å². The Balaban J connectivity index is 3.08. The molecule has 1 aromatic carbocycles. The van der Waals surface area contributed by atoms with E-state index in [9.17, 15) is 18.3 Å². The Labute approximate surface area is 92.2 Å². The van der Waals surface area contributed by atoms with E-state index in [0.29, 0.717) is 5.56 Å². The fraction of sp³-hybridized carbons (Fsp3) is 0.333. The molecule has 0 fully saturated rings. The number of halogens is 3. The highest BCUT2D eigenvalue weighted by Crippen LogP contribution is 2.31. The van der Waals surface area contributed by atoms with Gasteiger partial charge in [-0.2, -0.15) is 13.2 Å². The molecular formula is C12H13F3O. The number of aliphatic hydroxyl groups is 1. The van der Waals surface area contributed by atoms with Crippen molar-refractivity contribution in [3.8, 4) is 0 Å². The molecule has 0 aliphatic carbocycles. The van der Waals surface area contributed by atoms with Crippen LogP contribution in [0.5, 0.6) is 0 Å². The lowest BCUT2D eigenvalue weighted by molar-refractivity contribution is -0.137. The monoisotopic (exact) mass is 230 g/mol.